The fraction of sp³-hybridized carbons (Fsp3) is 0.400. The van der Waals surface area contributed by atoms with Gasteiger partial charge in [0.05, 0.1) is 5.75 Å². The molecular weight excluding hydrogens is 256 g/mol. The second-order valence-corrected chi connectivity index (χ2v) is 4.66. The van der Waals surface area contributed by atoms with Crippen molar-refractivity contribution in [3.63, 3.8) is 0 Å². The van der Waals surface area contributed by atoms with Gasteiger partial charge in [-0.3, -0.25) is 4.79 Å². The summed E-state index contributed by atoms with van der Waals surface area (Å²) >= 11 is 1.08. The molecule has 7 nitrogen and oxygen atoms in total. The second-order valence-electron chi connectivity index (χ2n) is 3.71. The van der Waals surface area contributed by atoms with Crippen LogP contribution in [-0.4, -0.2) is 37.0 Å². The molecule has 18 heavy (non-hydrogen) atoms. The number of hydrogen-bond donors (Lipinski definition) is 1. The minimum Gasteiger partial charge on any atom is -0.481 e. The Morgan fingerprint density at radius 2 is 2.39 bits per heavy atom. The van der Waals surface area contributed by atoms with Crippen molar-refractivity contribution in [3.05, 3.63) is 23.7 Å². The first-order valence-electron chi connectivity index (χ1n) is 5.26. The van der Waals surface area contributed by atoms with Crippen LogP contribution in [-0.2, 0) is 4.79 Å². The lowest BCUT2D eigenvalue weighted by Gasteiger charge is -2.09. The number of aliphatic carboxylic acids is 1. The molecule has 0 aliphatic rings. The van der Waals surface area contributed by atoms with Crippen LogP contribution in [0.5, 0.6) is 0 Å². The minimum atomic E-state index is -0.906. The second kappa shape index (κ2) is 5.21. The Morgan fingerprint density at radius 1 is 1.61 bits per heavy atom. The van der Waals surface area contributed by atoms with E-state index in [0.29, 0.717) is 5.16 Å². The van der Waals surface area contributed by atoms with Gasteiger partial charge in [-0.1, -0.05) is 11.8 Å². The van der Waals surface area contributed by atoms with Crippen molar-refractivity contribution in [2.75, 3.05) is 5.75 Å². The molecular formula is C10H12N4O3S. The molecule has 2 rings (SSSR count). The van der Waals surface area contributed by atoms with Crippen LogP contribution in [0.4, 0.5) is 0 Å². The van der Waals surface area contributed by atoms with E-state index >= 15 is 0 Å². The molecule has 0 radical (unpaired) electrons. The highest BCUT2D eigenvalue weighted by Gasteiger charge is 2.18. The Balaban J connectivity index is 2.17. The van der Waals surface area contributed by atoms with Crippen LogP contribution in [0.15, 0.2) is 21.7 Å². The van der Waals surface area contributed by atoms with Gasteiger partial charge in [-0.2, -0.15) is 0 Å². The Labute approximate surface area is 107 Å². The first-order chi connectivity index (χ1) is 8.58. The molecule has 0 fully saturated rings. The highest BCUT2D eigenvalue weighted by Crippen LogP contribution is 2.24. The smallest absolute Gasteiger partial charge is 0.313 e. The molecule has 2 heterocycles. The number of thioether (sulfide) groups is 1. The molecule has 1 unspecified atom stereocenters. The number of nitrogens with zero attached hydrogens (tertiary/aromatic N) is 4. The molecule has 8 heteroatoms. The number of tetrazole rings is 1. The van der Waals surface area contributed by atoms with E-state index in [1.807, 2.05) is 26.0 Å². The van der Waals surface area contributed by atoms with Gasteiger partial charge in [0.1, 0.15) is 17.6 Å². The number of hydrogen-bond acceptors (Lipinski definition) is 6. The molecule has 0 saturated carbocycles. The Bertz CT molecular complexity index is 551. The fourth-order valence-electron chi connectivity index (χ4n) is 1.45. The predicted molar refractivity (Wildman–Crippen MR) is 63.4 cm³/mol. The maximum Gasteiger partial charge on any atom is 0.313 e. The molecule has 1 N–H and O–H groups in total. The Hall–Kier alpha value is -1.83. The third-order valence-electron chi connectivity index (χ3n) is 2.33. The van der Waals surface area contributed by atoms with Crippen molar-refractivity contribution in [1.82, 2.24) is 20.2 Å². The van der Waals surface area contributed by atoms with Gasteiger partial charge in [-0.25, -0.2) is 4.68 Å². The van der Waals surface area contributed by atoms with Crippen molar-refractivity contribution in [3.8, 4) is 0 Å². The predicted octanol–water partition coefficient (Wildman–Crippen LogP) is 1.36. The summed E-state index contributed by atoms with van der Waals surface area (Å²) in [6, 6.07) is 3.54. The van der Waals surface area contributed by atoms with Crippen LogP contribution >= 0.6 is 11.8 Å². The number of aromatic nitrogens is 4. The van der Waals surface area contributed by atoms with Gasteiger partial charge >= 0.3 is 5.97 Å². The van der Waals surface area contributed by atoms with Crippen molar-refractivity contribution in [2.45, 2.75) is 25.0 Å². The minimum absolute atomic E-state index is 0.0791. The van der Waals surface area contributed by atoms with Crippen LogP contribution in [0.25, 0.3) is 0 Å². The van der Waals surface area contributed by atoms with Crippen molar-refractivity contribution in [2.24, 2.45) is 0 Å². The van der Waals surface area contributed by atoms with Crippen molar-refractivity contribution < 1.29 is 14.3 Å². The summed E-state index contributed by atoms with van der Waals surface area (Å²) in [4.78, 5) is 10.5. The molecule has 0 spiro atoms. The van der Waals surface area contributed by atoms with E-state index in [0.717, 1.165) is 23.3 Å². The molecule has 0 aliphatic carbocycles. The molecule has 2 aromatic heterocycles. The summed E-state index contributed by atoms with van der Waals surface area (Å²) in [6.07, 6.45) is 0. The zero-order valence-corrected chi connectivity index (χ0v) is 10.7. The zero-order valence-electron chi connectivity index (χ0n) is 9.90. The first-order valence-corrected chi connectivity index (χ1v) is 6.25. The van der Waals surface area contributed by atoms with Gasteiger partial charge in [0.25, 0.3) is 0 Å². The van der Waals surface area contributed by atoms with Crippen LogP contribution in [0, 0.1) is 6.92 Å². The molecule has 2 aromatic rings. The van der Waals surface area contributed by atoms with Crippen molar-refractivity contribution >= 4 is 17.7 Å². The third-order valence-corrected chi connectivity index (χ3v) is 3.25. The van der Waals surface area contributed by atoms with Gasteiger partial charge in [-0.05, 0) is 36.4 Å². The lowest BCUT2D eigenvalue weighted by atomic mass is 10.3. The van der Waals surface area contributed by atoms with Crippen LogP contribution < -0.4 is 0 Å². The number of aryl methyl sites for hydroxylation is 1. The molecule has 1 atom stereocenters. The molecule has 96 valence electrons. The number of carbonyl (C=O) groups is 1. The van der Waals surface area contributed by atoms with Gasteiger partial charge in [0.15, 0.2) is 0 Å². The highest BCUT2D eigenvalue weighted by atomic mass is 32.2. The largest absolute Gasteiger partial charge is 0.481 e. The summed E-state index contributed by atoms with van der Waals surface area (Å²) in [5.74, 6) is 0.558. The van der Waals surface area contributed by atoms with E-state index in [1.165, 1.54) is 0 Å². The average molecular weight is 268 g/mol. The third kappa shape index (κ3) is 2.70. The number of carboxylic acids is 1. The molecule has 0 saturated heterocycles. The lowest BCUT2D eigenvalue weighted by molar-refractivity contribution is -0.133. The van der Waals surface area contributed by atoms with E-state index in [1.54, 1.807) is 4.68 Å². The maximum atomic E-state index is 10.5. The van der Waals surface area contributed by atoms with Gasteiger partial charge in [-0.15, -0.1) is 5.10 Å². The summed E-state index contributed by atoms with van der Waals surface area (Å²) < 4.78 is 7.06. The molecule has 0 aromatic carbocycles. The van der Waals surface area contributed by atoms with E-state index < -0.39 is 5.97 Å². The monoisotopic (exact) mass is 268 g/mol. The van der Waals surface area contributed by atoms with E-state index in [-0.39, 0.29) is 11.8 Å². The Kier molecular flexibility index (Phi) is 3.66. The van der Waals surface area contributed by atoms with Crippen LogP contribution in [0.2, 0.25) is 0 Å². The zero-order chi connectivity index (χ0) is 13.1. The lowest BCUT2D eigenvalue weighted by Crippen LogP contribution is -2.10. The van der Waals surface area contributed by atoms with E-state index in [2.05, 4.69) is 15.5 Å². The van der Waals surface area contributed by atoms with E-state index in [9.17, 15) is 4.79 Å². The fourth-order valence-corrected chi connectivity index (χ4v) is 2.12. The Morgan fingerprint density at radius 3 is 3.00 bits per heavy atom. The van der Waals surface area contributed by atoms with Crippen LogP contribution in [0.1, 0.15) is 24.5 Å². The van der Waals surface area contributed by atoms with Gasteiger partial charge < -0.3 is 9.52 Å². The summed E-state index contributed by atoms with van der Waals surface area (Å²) in [5, 5.41) is 20.3. The number of furan rings is 1. The normalized spacial score (nSPS) is 12.6. The van der Waals surface area contributed by atoms with Gasteiger partial charge in [0, 0.05) is 0 Å². The topological polar surface area (TPSA) is 94.0 Å². The van der Waals surface area contributed by atoms with Crippen LogP contribution in [0.3, 0.4) is 0 Å². The summed E-state index contributed by atoms with van der Waals surface area (Å²) in [6.45, 7) is 3.75. The SMILES string of the molecule is Cc1ccc(C(C)n2nnnc2SCC(=O)O)o1. The maximum absolute atomic E-state index is 10.5. The number of rotatable bonds is 5. The molecule has 0 amide bonds. The van der Waals surface area contributed by atoms with Gasteiger partial charge in [0.2, 0.25) is 5.16 Å². The standard InChI is InChI=1S/C10H12N4O3S/c1-6-3-4-8(17-6)7(2)14-10(11-12-13-14)18-5-9(15)16/h3-4,7H,5H2,1-2H3,(H,15,16). The average Bonchev–Trinajstić information content (AvgIpc) is 2.93. The molecule has 0 bridgehead atoms. The summed E-state index contributed by atoms with van der Waals surface area (Å²) in [7, 11) is 0. The van der Waals surface area contributed by atoms with Crippen molar-refractivity contribution in [1.29, 1.82) is 0 Å². The summed E-state index contributed by atoms with van der Waals surface area (Å²) in [5.41, 5.74) is 0. The van der Waals surface area contributed by atoms with E-state index in [4.69, 9.17) is 9.52 Å². The first kappa shape index (κ1) is 12.6. The highest BCUT2D eigenvalue weighted by molar-refractivity contribution is 7.99. The number of carboxylic acid groups (broad SMARTS) is 1. The quantitative estimate of drug-likeness (QED) is 0.818. The molecule has 0 aliphatic heterocycles.